The van der Waals surface area contributed by atoms with Crippen molar-refractivity contribution in [3.63, 3.8) is 0 Å². The molecule has 1 aliphatic carbocycles. The van der Waals surface area contributed by atoms with Crippen molar-refractivity contribution in [1.82, 2.24) is 9.78 Å². The number of hydrogen-bond donors (Lipinski definition) is 2. The van der Waals surface area contributed by atoms with Gasteiger partial charge in [-0.3, -0.25) is 4.90 Å². The molecule has 0 amide bonds. The third-order valence-electron chi connectivity index (χ3n) is 4.77. The predicted octanol–water partition coefficient (Wildman–Crippen LogP) is 2.64. The van der Waals surface area contributed by atoms with Crippen LogP contribution in [-0.2, 0) is 0 Å². The van der Waals surface area contributed by atoms with E-state index in [-0.39, 0.29) is 5.96 Å². The second-order valence-corrected chi connectivity index (χ2v) is 6.85. The lowest BCUT2D eigenvalue weighted by molar-refractivity contribution is 0.305. The van der Waals surface area contributed by atoms with Gasteiger partial charge in [0.1, 0.15) is 5.66 Å². The predicted molar refractivity (Wildman–Crippen MR) is 100 cm³/mol. The Hall–Kier alpha value is -2.54. The molecule has 2 aromatic rings. The number of guanidine groups is 2. The largest absolute Gasteiger partial charge is 0.369 e. The van der Waals surface area contributed by atoms with Gasteiger partial charge in [0.25, 0.3) is 0 Å². The monoisotopic (exact) mass is 357 g/mol. The van der Waals surface area contributed by atoms with Crippen LogP contribution in [0.15, 0.2) is 46.6 Å². The van der Waals surface area contributed by atoms with Crippen molar-refractivity contribution in [3.05, 3.63) is 41.7 Å². The number of benzene rings is 1. The normalized spacial score (nSPS) is 19.6. The average Bonchev–Trinajstić information content (AvgIpc) is 3.01. The Morgan fingerprint density at radius 3 is 2.44 bits per heavy atom. The Kier molecular flexibility index (Phi) is 3.88. The van der Waals surface area contributed by atoms with Crippen molar-refractivity contribution in [3.8, 4) is 5.69 Å². The molecule has 7 nitrogen and oxygen atoms in total. The molecule has 2 heterocycles. The summed E-state index contributed by atoms with van der Waals surface area (Å²) in [5.41, 5.74) is 13.5. The van der Waals surface area contributed by atoms with E-state index in [0.717, 1.165) is 37.1 Å². The third-order valence-corrected chi connectivity index (χ3v) is 4.97. The summed E-state index contributed by atoms with van der Waals surface area (Å²) < 4.78 is 1.74. The van der Waals surface area contributed by atoms with Crippen LogP contribution >= 0.6 is 11.6 Å². The van der Waals surface area contributed by atoms with E-state index in [1.54, 1.807) is 17.1 Å². The molecule has 8 heteroatoms. The van der Waals surface area contributed by atoms with Gasteiger partial charge in [0.05, 0.1) is 22.6 Å². The van der Waals surface area contributed by atoms with Gasteiger partial charge in [-0.2, -0.15) is 10.1 Å². The molecule has 4 N–H and O–H groups in total. The van der Waals surface area contributed by atoms with Crippen LogP contribution in [0.1, 0.15) is 32.1 Å². The molecule has 1 aromatic heterocycles. The molecule has 0 atom stereocenters. The fraction of sp³-hybridized carbons (Fsp3) is 0.353. The molecular formula is C17H20ClN7. The second kappa shape index (κ2) is 6.07. The first-order chi connectivity index (χ1) is 12.1. The quantitative estimate of drug-likeness (QED) is 0.863. The zero-order valence-electron chi connectivity index (χ0n) is 13.8. The van der Waals surface area contributed by atoms with Gasteiger partial charge < -0.3 is 11.5 Å². The molecular weight excluding hydrogens is 338 g/mol. The van der Waals surface area contributed by atoms with Crippen LogP contribution in [0, 0.1) is 0 Å². The number of aromatic nitrogens is 2. The van der Waals surface area contributed by atoms with Gasteiger partial charge in [-0.25, -0.2) is 9.67 Å². The van der Waals surface area contributed by atoms with Crippen molar-refractivity contribution in [1.29, 1.82) is 0 Å². The van der Waals surface area contributed by atoms with Gasteiger partial charge in [0.15, 0.2) is 0 Å². The highest BCUT2D eigenvalue weighted by Crippen LogP contribution is 2.41. The molecule has 0 bridgehead atoms. The van der Waals surface area contributed by atoms with E-state index in [0.29, 0.717) is 11.0 Å². The Bertz CT molecular complexity index is 848. The van der Waals surface area contributed by atoms with Crippen LogP contribution in [0.25, 0.3) is 5.69 Å². The Labute approximate surface area is 151 Å². The maximum Gasteiger partial charge on any atom is 0.220 e. The lowest BCUT2D eigenvalue weighted by Gasteiger charge is -2.46. The molecule has 0 unspecified atom stereocenters. The van der Waals surface area contributed by atoms with Crippen LogP contribution in [0.2, 0.25) is 5.02 Å². The summed E-state index contributed by atoms with van der Waals surface area (Å²) in [6.45, 7) is 0. The standard InChI is InChI=1S/C17H20ClN7/c18-12-10-21-24(11-12)13-6-2-3-7-14(13)25-16(20)22-15(19)23-17(25)8-4-1-5-9-17/h2-3,6-7,10-11H,1,4-5,8-9H2,(H4,19,20,22,23). The van der Waals surface area contributed by atoms with E-state index in [2.05, 4.69) is 10.1 Å². The van der Waals surface area contributed by atoms with Crippen LogP contribution in [0.4, 0.5) is 5.69 Å². The SMILES string of the molecule is NC1=NC2(CCCCC2)N(c2ccccc2-n2cc(Cl)cn2)C(N)=N1. The first-order valence-electron chi connectivity index (χ1n) is 8.38. The van der Waals surface area contributed by atoms with Crippen molar-refractivity contribution >= 4 is 29.2 Å². The van der Waals surface area contributed by atoms with E-state index in [4.69, 9.17) is 28.1 Å². The maximum absolute atomic E-state index is 6.32. The zero-order chi connectivity index (χ0) is 17.4. The summed E-state index contributed by atoms with van der Waals surface area (Å²) in [4.78, 5) is 10.9. The number of nitrogens with two attached hydrogens (primary N) is 2. The van der Waals surface area contributed by atoms with E-state index in [1.165, 1.54) is 6.42 Å². The minimum Gasteiger partial charge on any atom is -0.369 e. The first kappa shape index (κ1) is 16.0. The van der Waals surface area contributed by atoms with Gasteiger partial charge in [-0.05, 0) is 37.8 Å². The molecule has 1 spiro atoms. The summed E-state index contributed by atoms with van der Waals surface area (Å²) in [6, 6.07) is 7.90. The highest BCUT2D eigenvalue weighted by Gasteiger charge is 2.43. The lowest BCUT2D eigenvalue weighted by atomic mass is 9.87. The Morgan fingerprint density at radius 2 is 1.76 bits per heavy atom. The van der Waals surface area contributed by atoms with Crippen molar-refractivity contribution in [2.24, 2.45) is 21.5 Å². The number of hydrogen-bond acceptors (Lipinski definition) is 6. The fourth-order valence-electron chi connectivity index (χ4n) is 3.75. The molecule has 0 radical (unpaired) electrons. The van der Waals surface area contributed by atoms with E-state index in [1.807, 2.05) is 29.2 Å². The number of aliphatic imine (C=N–C) groups is 2. The summed E-state index contributed by atoms with van der Waals surface area (Å²) in [7, 11) is 0. The summed E-state index contributed by atoms with van der Waals surface area (Å²) in [5, 5.41) is 4.91. The van der Waals surface area contributed by atoms with Crippen molar-refractivity contribution in [2.75, 3.05) is 4.90 Å². The number of para-hydroxylation sites is 2. The molecule has 25 heavy (non-hydrogen) atoms. The maximum atomic E-state index is 6.32. The number of anilines is 1. The van der Waals surface area contributed by atoms with E-state index in [9.17, 15) is 0 Å². The molecule has 1 saturated carbocycles. The number of nitrogens with zero attached hydrogens (tertiary/aromatic N) is 5. The summed E-state index contributed by atoms with van der Waals surface area (Å²) in [6.07, 6.45) is 8.50. The fourth-order valence-corrected chi connectivity index (χ4v) is 3.89. The third kappa shape index (κ3) is 2.74. The van der Waals surface area contributed by atoms with Gasteiger partial charge in [0.2, 0.25) is 11.9 Å². The molecule has 1 aliphatic heterocycles. The van der Waals surface area contributed by atoms with E-state index < -0.39 is 5.66 Å². The number of rotatable bonds is 2. The minimum atomic E-state index is -0.485. The van der Waals surface area contributed by atoms with Crippen LogP contribution < -0.4 is 16.4 Å². The van der Waals surface area contributed by atoms with Crippen LogP contribution in [-0.4, -0.2) is 27.4 Å². The molecule has 130 valence electrons. The first-order valence-corrected chi connectivity index (χ1v) is 8.76. The molecule has 1 aromatic carbocycles. The van der Waals surface area contributed by atoms with Crippen molar-refractivity contribution in [2.45, 2.75) is 37.8 Å². The molecule has 0 saturated heterocycles. The van der Waals surface area contributed by atoms with Crippen molar-refractivity contribution < 1.29 is 0 Å². The smallest absolute Gasteiger partial charge is 0.220 e. The van der Waals surface area contributed by atoms with Gasteiger partial charge >= 0.3 is 0 Å². The molecule has 4 rings (SSSR count). The zero-order valence-corrected chi connectivity index (χ0v) is 14.5. The minimum absolute atomic E-state index is 0.246. The molecule has 1 fully saturated rings. The lowest BCUT2D eigenvalue weighted by Crippen LogP contribution is -2.58. The highest BCUT2D eigenvalue weighted by molar-refractivity contribution is 6.30. The van der Waals surface area contributed by atoms with Gasteiger partial charge in [-0.1, -0.05) is 30.2 Å². The van der Waals surface area contributed by atoms with Crippen LogP contribution in [0.3, 0.4) is 0 Å². The van der Waals surface area contributed by atoms with Crippen LogP contribution in [0.5, 0.6) is 0 Å². The Balaban J connectivity index is 1.86. The number of halogens is 1. The topological polar surface area (TPSA) is 97.8 Å². The van der Waals surface area contributed by atoms with Gasteiger partial charge in [-0.15, -0.1) is 0 Å². The van der Waals surface area contributed by atoms with Gasteiger partial charge in [0, 0.05) is 6.20 Å². The molecule has 2 aliphatic rings. The highest BCUT2D eigenvalue weighted by atomic mass is 35.5. The summed E-state index contributed by atoms with van der Waals surface area (Å²) in [5.74, 6) is 0.607. The average molecular weight is 358 g/mol. The second-order valence-electron chi connectivity index (χ2n) is 6.41. The Morgan fingerprint density at radius 1 is 1.04 bits per heavy atom. The summed E-state index contributed by atoms with van der Waals surface area (Å²) >= 11 is 6.05. The van der Waals surface area contributed by atoms with E-state index >= 15 is 0 Å².